The first-order valence-corrected chi connectivity index (χ1v) is 15.2. The molecule has 2 aromatic carbocycles. The van der Waals surface area contributed by atoms with Crippen molar-refractivity contribution in [3.05, 3.63) is 76.6 Å². The van der Waals surface area contributed by atoms with Crippen molar-refractivity contribution < 1.29 is 21.6 Å². The fraction of sp³-hybridized carbons (Fsp3) is 0.320. The van der Waals surface area contributed by atoms with Gasteiger partial charge in [0.1, 0.15) is 0 Å². The molecular formula is C25H27ClN4O5S2. The number of rotatable bonds is 7. The number of nitrogens with one attached hydrogen (secondary N) is 1. The molecule has 3 aromatic rings. The Hall–Kier alpha value is -2.86. The highest BCUT2D eigenvalue weighted by Crippen LogP contribution is 2.26. The summed E-state index contributed by atoms with van der Waals surface area (Å²) in [5, 5.41) is 1.95. The van der Waals surface area contributed by atoms with E-state index in [0.717, 1.165) is 31.0 Å². The number of nitrogens with zero attached hydrogens (tertiary/aromatic N) is 3. The third kappa shape index (κ3) is 6.18. The maximum Gasteiger partial charge on any atom is 0.275 e. The summed E-state index contributed by atoms with van der Waals surface area (Å²) >= 11 is 6.11. The second kappa shape index (κ2) is 10.9. The van der Waals surface area contributed by atoms with Crippen LogP contribution in [0.25, 0.3) is 0 Å². The second-order valence-electron chi connectivity index (χ2n) is 9.04. The van der Waals surface area contributed by atoms with Crippen molar-refractivity contribution in [2.45, 2.75) is 55.0 Å². The van der Waals surface area contributed by atoms with Crippen LogP contribution >= 0.6 is 11.6 Å². The maximum atomic E-state index is 13.0. The molecule has 0 aliphatic carbocycles. The van der Waals surface area contributed by atoms with Crippen molar-refractivity contribution in [2.75, 3.05) is 11.9 Å². The molecule has 1 unspecified atom stereocenters. The van der Waals surface area contributed by atoms with Crippen LogP contribution in [0, 0.1) is 6.92 Å². The number of benzene rings is 2. The van der Waals surface area contributed by atoms with Crippen LogP contribution in [0.15, 0.2) is 64.8 Å². The van der Waals surface area contributed by atoms with E-state index >= 15 is 0 Å². The van der Waals surface area contributed by atoms with Crippen LogP contribution in [-0.2, 0) is 25.6 Å². The molecule has 0 spiro atoms. The molecule has 196 valence electrons. The Bertz CT molecular complexity index is 1530. The van der Waals surface area contributed by atoms with Gasteiger partial charge in [-0.3, -0.25) is 4.79 Å². The summed E-state index contributed by atoms with van der Waals surface area (Å²) in [6, 6.07) is 12.7. The first-order chi connectivity index (χ1) is 17.5. The number of hydrogen-bond acceptors (Lipinski definition) is 7. The van der Waals surface area contributed by atoms with E-state index in [1.807, 2.05) is 19.9 Å². The fourth-order valence-corrected chi connectivity index (χ4v) is 7.28. The highest BCUT2D eigenvalue weighted by atomic mass is 35.5. The minimum atomic E-state index is -3.95. The molecule has 0 saturated carbocycles. The van der Waals surface area contributed by atoms with Crippen LogP contribution in [0.4, 0.5) is 5.69 Å². The summed E-state index contributed by atoms with van der Waals surface area (Å²) in [4.78, 5) is 20.8. The molecule has 1 aliphatic rings. The predicted molar refractivity (Wildman–Crippen MR) is 141 cm³/mol. The first-order valence-electron chi connectivity index (χ1n) is 11.7. The maximum absolute atomic E-state index is 13.0. The van der Waals surface area contributed by atoms with Crippen molar-refractivity contribution in [1.29, 1.82) is 0 Å². The van der Waals surface area contributed by atoms with E-state index in [0.29, 0.717) is 17.8 Å². The molecule has 1 aliphatic heterocycles. The van der Waals surface area contributed by atoms with Crippen molar-refractivity contribution in [3.8, 4) is 0 Å². The number of sulfone groups is 1. The van der Waals surface area contributed by atoms with E-state index in [-0.39, 0.29) is 27.4 Å². The Labute approximate surface area is 221 Å². The smallest absolute Gasteiger partial charge is 0.275 e. The van der Waals surface area contributed by atoms with Gasteiger partial charge in [-0.05, 0) is 56.5 Å². The van der Waals surface area contributed by atoms with Gasteiger partial charge in [0, 0.05) is 18.3 Å². The third-order valence-corrected chi connectivity index (χ3v) is 9.89. The van der Waals surface area contributed by atoms with Crippen molar-refractivity contribution in [3.63, 3.8) is 0 Å². The molecule has 1 fully saturated rings. The van der Waals surface area contributed by atoms with Gasteiger partial charge in [-0.15, -0.1) is 0 Å². The molecule has 1 aromatic heterocycles. The number of sulfonamides is 1. The second-order valence-corrected chi connectivity index (χ2v) is 13.2. The lowest BCUT2D eigenvalue weighted by Crippen LogP contribution is -2.41. The topological polar surface area (TPSA) is 126 Å². The highest BCUT2D eigenvalue weighted by Gasteiger charge is 2.31. The van der Waals surface area contributed by atoms with E-state index in [9.17, 15) is 21.6 Å². The van der Waals surface area contributed by atoms with E-state index in [2.05, 4.69) is 15.3 Å². The van der Waals surface area contributed by atoms with Gasteiger partial charge in [-0.1, -0.05) is 47.9 Å². The number of hydrogen-bond donors (Lipinski definition) is 1. The molecule has 37 heavy (non-hydrogen) atoms. The number of piperidine rings is 1. The monoisotopic (exact) mass is 562 g/mol. The SMILES string of the molecule is Cc1cccc(CS(=O)(=O)c2ncc(Cl)c(C(=O)Nc3ccc(S(=O)(=O)N4CCCCC4C)cc3)n2)c1. The van der Waals surface area contributed by atoms with Gasteiger partial charge in [0.2, 0.25) is 25.0 Å². The van der Waals surface area contributed by atoms with E-state index in [1.165, 1.54) is 28.6 Å². The van der Waals surface area contributed by atoms with Gasteiger partial charge < -0.3 is 5.32 Å². The van der Waals surface area contributed by atoms with Crippen LogP contribution in [-0.4, -0.2) is 49.6 Å². The largest absolute Gasteiger partial charge is 0.321 e. The van der Waals surface area contributed by atoms with Crippen LogP contribution in [0.1, 0.15) is 47.8 Å². The summed E-state index contributed by atoms with van der Waals surface area (Å²) < 4.78 is 53.3. The van der Waals surface area contributed by atoms with Crippen LogP contribution < -0.4 is 5.32 Å². The molecule has 0 radical (unpaired) electrons. The number of amides is 1. The minimum Gasteiger partial charge on any atom is -0.321 e. The molecule has 2 heterocycles. The first kappa shape index (κ1) is 27.2. The summed E-state index contributed by atoms with van der Waals surface area (Å²) in [6.45, 7) is 4.23. The highest BCUT2D eigenvalue weighted by molar-refractivity contribution is 7.90. The molecule has 1 saturated heterocycles. The molecule has 1 atom stereocenters. The number of carbonyl (C=O) groups excluding carboxylic acids is 1. The predicted octanol–water partition coefficient (Wildman–Crippen LogP) is 4.23. The zero-order valence-electron chi connectivity index (χ0n) is 20.4. The number of carbonyl (C=O) groups is 1. The Kier molecular flexibility index (Phi) is 7.98. The third-order valence-electron chi connectivity index (χ3n) is 6.12. The normalized spacial score (nSPS) is 16.9. The van der Waals surface area contributed by atoms with Gasteiger partial charge >= 0.3 is 0 Å². The quantitative estimate of drug-likeness (QED) is 0.427. The fourth-order valence-electron chi connectivity index (χ4n) is 4.21. The average Bonchev–Trinajstić information content (AvgIpc) is 2.84. The van der Waals surface area contributed by atoms with Crippen molar-refractivity contribution in [1.82, 2.24) is 14.3 Å². The molecule has 9 nitrogen and oxygen atoms in total. The Balaban J connectivity index is 1.52. The molecule has 4 rings (SSSR count). The lowest BCUT2D eigenvalue weighted by Gasteiger charge is -2.32. The van der Waals surface area contributed by atoms with Gasteiger partial charge in [0.25, 0.3) is 5.91 Å². The summed E-state index contributed by atoms with van der Waals surface area (Å²) in [7, 11) is -7.60. The molecule has 1 amide bonds. The Morgan fingerprint density at radius 3 is 2.51 bits per heavy atom. The Morgan fingerprint density at radius 1 is 1.11 bits per heavy atom. The lowest BCUT2D eigenvalue weighted by atomic mass is 10.1. The van der Waals surface area contributed by atoms with Crippen LogP contribution in [0.3, 0.4) is 0 Å². The van der Waals surface area contributed by atoms with E-state index < -0.39 is 30.9 Å². The van der Waals surface area contributed by atoms with Gasteiger partial charge in [0.15, 0.2) is 5.69 Å². The molecular weight excluding hydrogens is 536 g/mol. The van der Waals surface area contributed by atoms with Crippen LogP contribution in [0.5, 0.6) is 0 Å². The van der Waals surface area contributed by atoms with E-state index in [1.54, 1.807) is 18.2 Å². The van der Waals surface area contributed by atoms with Gasteiger partial charge in [0.05, 0.1) is 21.9 Å². The molecule has 12 heteroatoms. The van der Waals surface area contributed by atoms with Crippen molar-refractivity contribution >= 4 is 43.1 Å². The lowest BCUT2D eigenvalue weighted by molar-refractivity contribution is 0.102. The van der Waals surface area contributed by atoms with Crippen LogP contribution in [0.2, 0.25) is 5.02 Å². The number of halogens is 1. The van der Waals surface area contributed by atoms with Gasteiger partial charge in [-0.2, -0.15) is 4.31 Å². The summed E-state index contributed by atoms with van der Waals surface area (Å²) in [6.07, 6.45) is 3.70. The average molecular weight is 563 g/mol. The van der Waals surface area contributed by atoms with Gasteiger partial charge in [-0.25, -0.2) is 26.8 Å². The standard InChI is InChI=1S/C25H27ClN4O5S2/c1-17-6-5-8-19(14-17)16-36(32,33)25-27-15-22(26)23(29-25)24(31)28-20-9-11-21(12-10-20)37(34,35)30-13-4-3-7-18(30)2/h5-6,8-12,14-15,18H,3-4,7,13,16H2,1-2H3,(H,28,31). The summed E-state index contributed by atoms with van der Waals surface area (Å²) in [5.41, 5.74) is 1.47. The number of anilines is 1. The minimum absolute atomic E-state index is 0.0746. The number of aromatic nitrogens is 2. The molecule has 1 N–H and O–H groups in total. The van der Waals surface area contributed by atoms with E-state index in [4.69, 9.17) is 11.6 Å². The zero-order chi connectivity index (χ0) is 26.8. The number of aryl methyl sites for hydroxylation is 1. The Morgan fingerprint density at radius 2 is 1.84 bits per heavy atom. The van der Waals surface area contributed by atoms with Crippen molar-refractivity contribution in [2.24, 2.45) is 0 Å². The molecule has 0 bridgehead atoms. The zero-order valence-corrected chi connectivity index (χ0v) is 22.8. The summed E-state index contributed by atoms with van der Waals surface area (Å²) in [5.74, 6) is -1.08.